The first-order valence-corrected chi connectivity index (χ1v) is 7.30. The van der Waals surface area contributed by atoms with Gasteiger partial charge in [-0.15, -0.1) is 11.8 Å². The molecule has 0 aliphatic carbocycles. The molecule has 0 aromatic heterocycles. The van der Waals surface area contributed by atoms with Gasteiger partial charge in [-0.25, -0.2) is 0 Å². The van der Waals surface area contributed by atoms with Crippen LogP contribution in [0.3, 0.4) is 0 Å². The first kappa shape index (κ1) is 14.0. The fourth-order valence-corrected chi connectivity index (χ4v) is 3.14. The zero-order chi connectivity index (χ0) is 13.7. The van der Waals surface area contributed by atoms with Crippen LogP contribution in [0.25, 0.3) is 0 Å². The third-order valence-corrected chi connectivity index (χ3v) is 4.08. The summed E-state index contributed by atoms with van der Waals surface area (Å²) in [6, 6.07) is 16.5. The lowest BCUT2D eigenvalue weighted by molar-refractivity contribution is 0.405. The van der Waals surface area contributed by atoms with Crippen molar-refractivity contribution in [3.8, 4) is 5.75 Å². The number of thioether (sulfide) groups is 1. The predicted molar refractivity (Wildman–Crippen MR) is 81.6 cm³/mol. The van der Waals surface area contributed by atoms with E-state index >= 15 is 0 Å². The number of hydrogen-bond donors (Lipinski definition) is 1. The van der Waals surface area contributed by atoms with E-state index in [0.29, 0.717) is 0 Å². The predicted octanol–water partition coefficient (Wildman–Crippen LogP) is 4.01. The Bertz CT molecular complexity index is 526. The van der Waals surface area contributed by atoms with Crippen molar-refractivity contribution in [2.24, 2.45) is 5.73 Å². The minimum atomic E-state index is -0.0329. The van der Waals surface area contributed by atoms with Crippen LogP contribution in [0.4, 0.5) is 0 Å². The van der Waals surface area contributed by atoms with E-state index in [4.69, 9.17) is 10.5 Å². The standard InChI is InChI=1S/C16H19NOS/c1-12(17)16-14(18-2)9-6-10-15(16)19-11-13-7-4-3-5-8-13/h3-10,12H,11,17H2,1-2H3/t12-/m1/s1. The Labute approximate surface area is 119 Å². The molecule has 3 heteroatoms. The maximum Gasteiger partial charge on any atom is 0.124 e. The minimum Gasteiger partial charge on any atom is -0.496 e. The topological polar surface area (TPSA) is 35.2 Å². The molecule has 19 heavy (non-hydrogen) atoms. The van der Waals surface area contributed by atoms with Crippen LogP contribution in [0, 0.1) is 0 Å². The fraction of sp³-hybridized carbons (Fsp3) is 0.250. The number of hydrogen-bond acceptors (Lipinski definition) is 3. The van der Waals surface area contributed by atoms with Crippen molar-refractivity contribution in [2.45, 2.75) is 23.6 Å². The zero-order valence-corrected chi connectivity index (χ0v) is 12.1. The Hall–Kier alpha value is -1.45. The van der Waals surface area contributed by atoms with E-state index in [9.17, 15) is 0 Å². The van der Waals surface area contributed by atoms with Crippen LogP contribution in [-0.4, -0.2) is 7.11 Å². The molecule has 2 aromatic carbocycles. The van der Waals surface area contributed by atoms with Gasteiger partial charge in [-0.2, -0.15) is 0 Å². The summed E-state index contributed by atoms with van der Waals surface area (Å²) < 4.78 is 5.41. The lowest BCUT2D eigenvalue weighted by Crippen LogP contribution is -2.08. The third-order valence-electron chi connectivity index (χ3n) is 2.94. The molecule has 0 aliphatic heterocycles. The molecule has 2 aromatic rings. The molecule has 0 heterocycles. The van der Waals surface area contributed by atoms with Gasteiger partial charge in [0.15, 0.2) is 0 Å². The SMILES string of the molecule is COc1cccc(SCc2ccccc2)c1[C@@H](C)N. The highest BCUT2D eigenvalue weighted by atomic mass is 32.2. The first-order valence-electron chi connectivity index (χ1n) is 6.31. The monoisotopic (exact) mass is 273 g/mol. The average Bonchev–Trinajstić information content (AvgIpc) is 2.45. The van der Waals surface area contributed by atoms with Gasteiger partial charge in [0.25, 0.3) is 0 Å². The molecule has 1 atom stereocenters. The zero-order valence-electron chi connectivity index (χ0n) is 11.3. The molecule has 0 bridgehead atoms. The van der Waals surface area contributed by atoms with Crippen molar-refractivity contribution in [3.63, 3.8) is 0 Å². The molecule has 0 saturated carbocycles. The van der Waals surface area contributed by atoms with Crippen LogP contribution >= 0.6 is 11.8 Å². The summed E-state index contributed by atoms with van der Waals surface area (Å²) in [5.74, 6) is 1.81. The van der Waals surface area contributed by atoms with Crippen molar-refractivity contribution >= 4 is 11.8 Å². The van der Waals surface area contributed by atoms with Crippen molar-refractivity contribution in [2.75, 3.05) is 7.11 Å². The van der Waals surface area contributed by atoms with Crippen LogP contribution in [0.1, 0.15) is 24.1 Å². The quantitative estimate of drug-likeness (QED) is 0.836. The van der Waals surface area contributed by atoms with Crippen molar-refractivity contribution in [3.05, 3.63) is 59.7 Å². The minimum absolute atomic E-state index is 0.0329. The lowest BCUT2D eigenvalue weighted by atomic mass is 10.1. The molecule has 2 N–H and O–H groups in total. The highest BCUT2D eigenvalue weighted by Gasteiger charge is 2.13. The van der Waals surface area contributed by atoms with Crippen LogP contribution in [0.15, 0.2) is 53.4 Å². The fourth-order valence-electron chi connectivity index (χ4n) is 2.01. The molecule has 2 rings (SSSR count). The van der Waals surface area contributed by atoms with E-state index in [1.54, 1.807) is 18.9 Å². The summed E-state index contributed by atoms with van der Waals surface area (Å²) in [4.78, 5) is 1.19. The first-order chi connectivity index (χ1) is 9.22. The summed E-state index contributed by atoms with van der Waals surface area (Å²) in [5.41, 5.74) is 8.47. The van der Waals surface area contributed by atoms with Crippen molar-refractivity contribution < 1.29 is 4.74 Å². The molecule has 0 amide bonds. The lowest BCUT2D eigenvalue weighted by Gasteiger charge is -2.16. The number of benzene rings is 2. The second kappa shape index (κ2) is 6.64. The number of rotatable bonds is 5. The van der Waals surface area contributed by atoms with Gasteiger partial charge in [0.05, 0.1) is 7.11 Å². The Morgan fingerprint density at radius 2 is 1.84 bits per heavy atom. The van der Waals surface area contributed by atoms with Crippen molar-refractivity contribution in [1.29, 1.82) is 0 Å². The van der Waals surface area contributed by atoms with Gasteiger partial charge in [0.1, 0.15) is 5.75 Å². The molecule has 0 saturated heterocycles. The molecule has 0 radical (unpaired) electrons. The van der Waals surface area contributed by atoms with E-state index in [0.717, 1.165) is 17.1 Å². The number of nitrogens with two attached hydrogens (primary N) is 1. The molecular formula is C16H19NOS. The van der Waals surface area contributed by atoms with Gasteiger partial charge < -0.3 is 10.5 Å². The molecule has 100 valence electrons. The molecule has 2 nitrogen and oxygen atoms in total. The molecule has 0 unspecified atom stereocenters. The Balaban J connectivity index is 2.20. The smallest absolute Gasteiger partial charge is 0.124 e. The summed E-state index contributed by atoms with van der Waals surface area (Å²) in [5, 5.41) is 0. The normalized spacial score (nSPS) is 12.2. The summed E-state index contributed by atoms with van der Waals surface area (Å²) in [6.45, 7) is 1.99. The van der Waals surface area contributed by atoms with E-state index in [2.05, 4.69) is 30.3 Å². The van der Waals surface area contributed by atoms with Gasteiger partial charge in [0, 0.05) is 22.3 Å². The van der Waals surface area contributed by atoms with Gasteiger partial charge in [-0.05, 0) is 24.6 Å². The van der Waals surface area contributed by atoms with Crippen LogP contribution in [-0.2, 0) is 5.75 Å². The highest BCUT2D eigenvalue weighted by Crippen LogP contribution is 2.35. The van der Waals surface area contributed by atoms with E-state index < -0.39 is 0 Å². The maximum absolute atomic E-state index is 6.07. The van der Waals surface area contributed by atoms with E-state index in [-0.39, 0.29) is 6.04 Å². The second-order valence-corrected chi connectivity index (χ2v) is 5.45. The number of methoxy groups -OCH3 is 1. The summed E-state index contributed by atoms with van der Waals surface area (Å²) in [7, 11) is 1.69. The summed E-state index contributed by atoms with van der Waals surface area (Å²) >= 11 is 1.80. The van der Waals surface area contributed by atoms with Crippen LogP contribution < -0.4 is 10.5 Å². The third kappa shape index (κ3) is 3.52. The molecule has 0 fully saturated rings. The van der Waals surface area contributed by atoms with Crippen molar-refractivity contribution in [1.82, 2.24) is 0 Å². The van der Waals surface area contributed by atoms with Gasteiger partial charge in [-0.1, -0.05) is 36.4 Å². The maximum atomic E-state index is 6.07. The van der Waals surface area contributed by atoms with Gasteiger partial charge >= 0.3 is 0 Å². The van der Waals surface area contributed by atoms with Crippen LogP contribution in [0.2, 0.25) is 0 Å². The molecular weight excluding hydrogens is 254 g/mol. The van der Waals surface area contributed by atoms with Gasteiger partial charge in [-0.3, -0.25) is 0 Å². The largest absolute Gasteiger partial charge is 0.496 e. The second-order valence-electron chi connectivity index (χ2n) is 4.44. The van der Waals surface area contributed by atoms with E-state index in [1.165, 1.54) is 10.5 Å². The Morgan fingerprint density at radius 1 is 1.11 bits per heavy atom. The van der Waals surface area contributed by atoms with E-state index in [1.807, 2.05) is 25.1 Å². The molecule has 0 aliphatic rings. The number of ether oxygens (including phenoxy) is 1. The highest BCUT2D eigenvalue weighted by molar-refractivity contribution is 7.98. The van der Waals surface area contributed by atoms with Crippen LogP contribution in [0.5, 0.6) is 5.75 Å². The summed E-state index contributed by atoms with van der Waals surface area (Å²) in [6.07, 6.45) is 0. The Kier molecular flexibility index (Phi) is 4.88. The Morgan fingerprint density at radius 3 is 2.47 bits per heavy atom. The molecule has 0 spiro atoms. The average molecular weight is 273 g/mol. The van der Waals surface area contributed by atoms with Gasteiger partial charge in [0.2, 0.25) is 0 Å².